The van der Waals surface area contributed by atoms with Crippen molar-refractivity contribution in [2.24, 2.45) is 0 Å². The molecule has 0 unspecified atom stereocenters. The SMILES string of the molecule is CCC(CC)N(C)CCNC1CCCCCC1. The average Bonchev–Trinajstić information content (AvgIpc) is 2.59. The molecule has 1 aliphatic carbocycles. The van der Waals surface area contributed by atoms with Crippen LogP contribution in [-0.2, 0) is 0 Å². The van der Waals surface area contributed by atoms with Crippen LogP contribution in [0.5, 0.6) is 0 Å². The van der Waals surface area contributed by atoms with Gasteiger partial charge in [-0.05, 0) is 32.7 Å². The van der Waals surface area contributed by atoms with Crippen molar-refractivity contribution < 1.29 is 0 Å². The lowest BCUT2D eigenvalue weighted by Gasteiger charge is -2.27. The van der Waals surface area contributed by atoms with Crippen LogP contribution in [0.1, 0.15) is 65.2 Å². The van der Waals surface area contributed by atoms with Gasteiger partial charge in [-0.2, -0.15) is 0 Å². The van der Waals surface area contributed by atoms with Crippen LogP contribution in [-0.4, -0.2) is 37.1 Å². The third-order valence-electron chi connectivity index (χ3n) is 4.32. The van der Waals surface area contributed by atoms with E-state index in [1.165, 1.54) is 57.9 Å². The van der Waals surface area contributed by atoms with E-state index in [4.69, 9.17) is 0 Å². The van der Waals surface area contributed by atoms with E-state index in [1.54, 1.807) is 0 Å². The number of nitrogens with zero attached hydrogens (tertiary/aromatic N) is 1. The van der Waals surface area contributed by atoms with E-state index in [1.807, 2.05) is 0 Å². The first-order valence-corrected chi connectivity index (χ1v) is 7.71. The normalized spacial score (nSPS) is 18.9. The molecular weight excluding hydrogens is 208 g/mol. The molecule has 1 N–H and O–H groups in total. The van der Waals surface area contributed by atoms with Crippen molar-refractivity contribution in [1.29, 1.82) is 0 Å². The maximum atomic E-state index is 3.75. The second kappa shape index (κ2) is 8.93. The average molecular weight is 240 g/mol. The number of rotatable bonds is 7. The first kappa shape index (κ1) is 15.0. The Hall–Kier alpha value is -0.0800. The summed E-state index contributed by atoms with van der Waals surface area (Å²) in [6, 6.07) is 1.57. The molecular formula is C15H32N2. The molecule has 0 heterocycles. The molecule has 0 aromatic heterocycles. The second-order valence-electron chi connectivity index (χ2n) is 5.59. The van der Waals surface area contributed by atoms with E-state index in [2.05, 4.69) is 31.1 Å². The fourth-order valence-electron chi connectivity index (χ4n) is 3.02. The quantitative estimate of drug-likeness (QED) is 0.686. The van der Waals surface area contributed by atoms with Crippen molar-refractivity contribution in [2.45, 2.75) is 77.3 Å². The van der Waals surface area contributed by atoms with E-state index in [0.717, 1.165) is 18.6 Å². The Morgan fingerprint density at radius 2 is 1.65 bits per heavy atom. The molecule has 0 aliphatic heterocycles. The van der Waals surface area contributed by atoms with Crippen molar-refractivity contribution in [3.8, 4) is 0 Å². The summed E-state index contributed by atoms with van der Waals surface area (Å²) in [5.74, 6) is 0. The fourth-order valence-corrected chi connectivity index (χ4v) is 3.02. The molecule has 17 heavy (non-hydrogen) atoms. The van der Waals surface area contributed by atoms with Gasteiger partial charge >= 0.3 is 0 Å². The summed E-state index contributed by atoms with van der Waals surface area (Å²) in [6.45, 7) is 6.95. The van der Waals surface area contributed by atoms with Crippen LogP contribution >= 0.6 is 0 Å². The Morgan fingerprint density at radius 3 is 2.18 bits per heavy atom. The van der Waals surface area contributed by atoms with E-state index < -0.39 is 0 Å². The van der Waals surface area contributed by atoms with Gasteiger partial charge in [-0.15, -0.1) is 0 Å². The Morgan fingerprint density at radius 1 is 1.06 bits per heavy atom. The summed E-state index contributed by atoms with van der Waals surface area (Å²) in [5, 5.41) is 3.75. The Kier molecular flexibility index (Phi) is 7.87. The van der Waals surface area contributed by atoms with Gasteiger partial charge in [0.1, 0.15) is 0 Å². The highest BCUT2D eigenvalue weighted by molar-refractivity contribution is 4.72. The van der Waals surface area contributed by atoms with Crippen LogP contribution in [0.2, 0.25) is 0 Å². The highest BCUT2D eigenvalue weighted by Gasteiger charge is 2.13. The van der Waals surface area contributed by atoms with E-state index >= 15 is 0 Å². The maximum absolute atomic E-state index is 3.75. The van der Waals surface area contributed by atoms with E-state index in [-0.39, 0.29) is 0 Å². The molecule has 1 rings (SSSR count). The van der Waals surface area contributed by atoms with Gasteiger partial charge in [-0.25, -0.2) is 0 Å². The minimum atomic E-state index is 0.769. The van der Waals surface area contributed by atoms with Gasteiger partial charge in [0.25, 0.3) is 0 Å². The fraction of sp³-hybridized carbons (Fsp3) is 1.00. The number of likely N-dealkylation sites (N-methyl/N-ethyl adjacent to an activating group) is 1. The molecule has 2 heteroatoms. The minimum absolute atomic E-state index is 0.769. The lowest BCUT2D eigenvalue weighted by Crippen LogP contribution is -2.39. The van der Waals surface area contributed by atoms with E-state index in [0.29, 0.717) is 0 Å². The van der Waals surface area contributed by atoms with Gasteiger partial charge in [-0.1, -0.05) is 39.5 Å². The summed E-state index contributed by atoms with van der Waals surface area (Å²) in [5.41, 5.74) is 0. The molecule has 1 fully saturated rings. The lowest BCUT2D eigenvalue weighted by atomic mass is 10.1. The summed E-state index contributed by atoms with van der Waals surface area (Å²) in [4.78, 5) is 2.52. The predicted molar refractivity (Wildman–Crippen MR) is 76.5 cm³/mol. The van der Waals surface area contributed by atoms with Gasteiger partial charge in [0, 0.05) is 25.2 Å². The Labute approximate surface area is 108 Å². The Balaban J connectivity index is 2.13. The van der Waals surface area contributed by atoms with Crippen LogP contribution in [0.3, 0.4) is 0 Å². The lowest BCUT2D eigenvalue weighted by molar-refractivity contribution is 0.226. The van der Waals surface area contributed by atoms with Crippen LogP contribution < -0.4 is 5.32 Å². The first-order chi connectivity index (χ1) is 8.27. The molecule has 0 aromatic carbocycles. The van der Waals surface area contributed by atoms with Gasteiger partial charge < -0.3 is 10.2 Å². The van der Waals surface area contributed by atoms with Crippen LogP contribution in [0, 0.1) is 0 Å². The van der Waals surface area contributed by atoms with Crippen molar-refractivity contribution in [3.05, 3.63) is 0 Å². The van der Waals surface area contributed by atoms with Gasteiger partial charge in [0.15, 0.2) is 0 Å². The topological polar surface area (TPSA) is 15.3 Å². The monoisotopic (exact) mass is 240 g/mol. The molecule has 2 nitrogen and oxygen atoms in total. The summed E-state index contributed by atoms with van der Waals surface area (Å²) >= 11 is 0. The molecule has 0 saturated heterocycles. The van der Waals surface area contributed by atoms with Crippen molar-refractivity contribution in [2.75, 3.05) is 20.1 Å². The zero-order valence-electron chi connectivity index (χ0n) is 12.2. The second-order valence-corrected chi connectivity index (χ2v) is 5.59. The van der Waals surface area contributed by atoms with Gasteiger partial charge in [0.05, 0.1) is 0 Å². The number of hydrogen-bond donors (Lipinski definition) is 1. The summed E-state index contributed by atoms with van der Waals surface area (Å²) in [6.07, 6.45) is 11.1. The molecule has 1 aliphatic rings. The third-order valence-corrected chi connectivity index (χ3v) is 4.32. The van der Waals surface area contributed by atoms with Gasteiger partial charge in [0.2, 0.25) is 0 Å². The first-order valence-electron chi connectivity index (χ1n) is 7.71. The molecule has 0 amide bonds. The van der Waals surface area contributed by atoms with E-state index in [9.17, 15) is 0 Å². The molecule has 1 saturated carbocycles. The highest BCUT2D eigenvalue weighted by Crippen LogP contribution is 2.17. The zero-order chi connectivity index (χ0) is 12.5. The van der Waals surface area contributed by atoms with Crippen LogP contribution in [0.4, 0.5) is 0 Å². The number of nitrogens with one attached hydrogen (secondary N) is 1. The minimum Gasteiger partial charge on any atom is -0.313 e. The Bertz CT molecular complexity index is 168. The van der Waals surface area contributed by atoms with Crippen LogP contribution in [0.15, 0.2) is 0 Å². The zero-order valence-corrected chi connectivity index (χ0v) is 12.2. The molecule has 0 bridgehead atoms. The smallest absolute Gasteiger partial charge is 0.0107 e. The molecule has 0 spiro atoms. The molecule has 0 atom stereocenters. The summed E-state index contributed by atoms with van der Waals surface area (Å²) < 4.78 is 0. The third kappa shape index (κ3) is 5.87. The van der Waals surface area contributed by atoms with Crippen molar-refractivity contribution in [1.82, 2.24) is 10.2 Å². The number of hydrogen-bond acceptors (Lipinski definition) is 2. The van der Waals surface area contributed by atoms with Crippen LogP contribution in [0.25, 0.3) is 0 Å². The maximum Gasteiger partial charge on any atom is 0.0107 e. The standard InChI is InChI=1S/C15H32N2/c1-4-15(5-2)17(3)13-12-16-14-10-8-6-7-9-11-14/h14-16H,4-13H2,1-3H3. The predicted octanol–water partition coefficient (Wildman–Crippen LogP) is 3.42. The van der Waals surface area contributed by atoms with Crippen molar-refractivity contribution >= 4 is 0 Å². The van der Waals surface area contributed by atoms with Crippen molar-refractivity contribution in [3.63, 3.8) is 0 Å². The highest BCUT2D eigenvalue weighted by atomic mass is 15.1. The summed E-state index contributed by atoms with van der Waals surface area (Å²) in [7, 11) is 2.27. The largest absolute Gasteiger partial charge is 0.313 e. The molecule has 0 radical (unpaired) electrons. The van der Waals surface area contributed by atoms with Gasteiger partial charge in [-0.3, -0.25) is 0 Å². The molecule has 0 aromatic rings. The molecule has 102 valence electrons.